The maximum atomic E-state index is 5.39. The predicted molar refractivity (Wildman–Crippen MR) is 186 cm³/mol. The van der Waals surface area contributed by atoms with Crippen molar-refractivity contribution in [2.45, 2.75) is 0 Å². The highest BCUT2D eigenvalue weighted by molar-refractivity contribution is 5.78. The number of hydrogen-bond donors (Lipinski definition) is 0. The summed E-state index contributed by atoms with van der Waals surface area (Å²) in [7, 11) is 3.34. The highest BCUT2D eigenvalue weighted by atomic mass is 16.5. The summed E-state index contributed by atoms with van der Waals surface area (Å²) in [5.74, 6) is 1.61. The number of hydrogen-bond acceptors (Lipinski definition) is 5. The van der Waals surface area contributed by atoms with Gasteiger partial charge in [0.25, 0.3) is 0 Å². The van der Waals surface area contributed by atoms with Gasteiger partial charge < -0.3 is 9.47 Å². The van der Waals surface area contributed by atoms with Gasteiger partial charge in [0.1, 0.15) is 11.5 Å². The van der Waals surface area contributed by atoms with Crippen molar-refractivity contribution in [2.75, 3.05) is 14.2 Å². The van der Waals surface area contributed by atoms with E-state index in [0.29, 0.717) is 0 Å². The maximum absolute atomic E-state index is 5.39. The fourth-order valence-corrected chi connectivity index (χ4v) is 5.46. The van der Waals surface area contributed by atoms with Gasteiger partial charge in [-0.3, -0.25) is 0 Å². The van der Waals surface area contributed by atoms with Crippen LogP contribution in [0.15, 0.2) is 152 Å². The van der Waals surface area contributed by atoms with Crippen LogP contribution in [-0.4, -0.2) is 29.2 Å². The van der Waals surface area contributed by atoms with E-state index in [1.165, 1.54) is 0 Å². The molecular weight excluding hydrogens is 566 g/mol. The van der Waals surface area contributed by atoms with Crippen LogP contribution in [0.5, 0.6) is 11.5 Å². The Balaban J connectivity index is 1.35. The monoisotopic (exact) mass is 597 g/mol. The second kappa shape index (κ2) is 12.9. The van der Waals surface area contributed by atoms with Gasteiger partial charge >= 0.3 is 0 Å². The quantitative estimate of drug-likeness (QED) is 0.175. The lowest BCUT2D eigenvalue weighted by molar-refractivity contribution is 0.415. The maximum Gasteiger partial charge on any atom is 0.118 e. The summed E-state index contributed by atoms with van der Waals surface area (Å²) in [6.45, 7) is 0. The summed E-state index contributed by atoms with van der Waals surface area (Å²) in [5.41, 5.74) is 11.2. The molecule has 5 heteroatoms. The molecule has 46 heavy (non-hydrogen) atoms. The van der Waals surface area contributed by atoms with Crippen molar-refractivity contribution in [1.82, 2.24) is 15.0 Å². The van der Waals surface area contributed by atoms with Crippen LogP contribution >= 0.6 is 0 Å². The zero-order chi connectivity index (χ0) is 31.3. The number of rotatable bonds is 8. The molecular formula is C41H31N3O2. The molecule has 222 valence electrons. The molecule has 0 radical (unpaired) electrons. The molecule has 0 amide bonds. The number of nitrogens with zero attached hydrogens (tertiary/aromatic N) is 3. The molecule has 7 rings (SSSR count). The Hall–Kier alpha value is -6.07. The minimum Gasteiger partial charge on any atom is -0.497 e. The molecule has 3 aromatic heterocycles. The van der Waals surface area contributed by atoms with Crippen molar-refractivity contribution < 1.29 is 9.47 Å². The molecule has 3 heterocycles. The lowest BCUT2D eigenvalue weighted by Crippen LogP contribution is -1.96. The van der Waals surface area contributed by atoms with E-state index in [1.807, 2.05) is 103 Å². The Labute approximate surface area is 268 Å². The van der Waals surface area contributed by atoms with Gasteiger partial charge in [-0.25, -0.2) is 15.0 Å². The van der Waals surface area contributed by atoms with Crippen LogP contribution in [-0.2, 0) is 0 Å². The van der Waals surface area contributed by atoms with Gasteiger partial charge in [-0.2, -0.15) is 0 Å². The van der Waals surface area contributed by atoms with Crippen LogP contribution < -0.4 is 9.47 Å². The molecule has 0 aliphatic carbocycles. The minimum atomic E-state index is 0.767. The first-order valence-corrected chi connectivity index (χ1v) is 15.1. The van der Waals surface area contributed by atoms with Crippen LogP contribution in [0.4, 0.5) is 0 Å². The zero-order valence-electron chi connectivity index (χ0n) is 25.6. The number of pyridine rings is 3. The fraction of sp³-hybridized carbons (Fsp3) is 0.0488. The van der Waals surface area contributed by atoms with Crippen molar-refractivity contribution in [2.24, 2.45) is 0 Å². The highest BCUT2D eigenvalue weighted by Gasteiger charge is 2.14. The van der Waals surface area contributed by atoms with Gasteiger partial charge in [0.2, 0.25) is 0 Å². The van der Waals surface area contributed by atoms with Gasteiger partial charge in [-0.15, -0.1) is 0 Å². The number of benzene rings is 4. The molecule has 0 N–H and O–H groups in total. The van der Waals surface area contributed by atoms with E-state index in [2.05, 4.69) is 48.5 Å². The first-order chi connectivity index (χ1) is 22.7. The van der Waals surface area contributed by atoms with E-state index in [9.17, 15) is 0 Å². The zero-order valence-corrected chi connectivity index (χ0v) is 25.6. The van der Waals surface area contributed by atoms with Crippen molar-refractivity contribution in [3.63, 3.8) is 0 Å². The summed E-state index contributed by atoms with van der Waals surface area (Å²) < 4.78 is 10.8. The molecule has 0 spiro atoms. The Morgan fingerprint density at radius 3 is 1.07 bits per heavy atom. The molecule has 0 aliphatic heterocycles. The first kappa shape index (κ1) is 28.7. The summed E-state index contributed by atoms with van der Waals surface area (Å²) in [4.78, 5) is 15.3. The number of ether oxygens (including phenoxy) is 2. The molecule has 5 nitrogen and oxygen atoms in total. The Kier molecular flexibility index (Phi) is 8.04. The van der Waals surface area contributed by atoms with Gasteiger partial charge in [0.15, 0.2) is 0 Å². The fourth-order valence-electron chi connectivity index (χ4n) is 5.46. The van der Waals surface area contributed by atoms with E-state index in [-0.39, 0.29) is 0 Å². The van der Waals surface area contributed by atoms with Gasteiger partial charge in [-0.05, 0) is 107 Å². The van der Waals surface area contributed by atoms with Crippen LogP contribution in [0.1, 0.15) is 0 Å². The molecule has 0 saturated heterocycles. The topological polar surface area (TPSA) is 57.1 Å². The van der Waals surface area contributed by atoms with Crippen LogP contribution in [0.25, 0.3) is 67.5 Å². The van der Waals surface area contributed by atoms with Crippen molar-refractivity contribution in [3.05, 3.63) is 152 Å². The summed E-state index contributed by atoms with van der Waals surface area (Å²) in [6, 6.07) is 51.1. The molecule has 0 atom stereocenters. The van der Waals surface area contributed by atoms with Gasteiger partial charge in [-0.1, -0.05) is 66.7 Å². The molecule has 0 bridgehead atoms. The highest BCUT2D eigenvalue weighted by Crippen LogP contribution is 2.33. The number of aromatic nitrogens is 3. The molecule has 0 aliphatic rings. The summed E-state index contributed by atoms with van der Waals surface area (Å²) in [6.07, 6.45) is 0. The summed E-state index contributed by atoms with van der Waals surface area (Å²) >= 11 is 0. The predicted octanol–water partition coefficient (Wildman–Crippen LogP) is 9.89. The van der Waals surface area contributed by atoms with E-state index >= 15 is 0 Å². The smallest absolute Gasteiger partial charge is 0.118 e. The van der Waals surface area contributed by atoms with E-state index in [1.54, 1.807) is 14.2 Å². The van der Waals surface area contributed by atoms with Crippen molar-refractivity contribution in [1.29, 1.82) is 0 Å². The van der Waals surface area contributed by atoms with Crippen molar-refractivity contribution >= 4 is 0 Å². The summed E-state index contributed by atoms with van der Waals surface area (Å²) in [5, 5.41) is 0. The Morgan fingerprint density at radius 1 is 0.304 bits per heavy atom. The SMILES string of the molecule is COc1ccc(-c2cc(-c3ccccc3)cc(-c3cccc(-c4cc(-c5ccccc5)cc(-c5ccc(OC)cc5)n4)n3)n2)cc1. The molecule has 7 aromatic rings. The van der Waals surface area contributed by atoms with E-state index in [0.717, 1.165) is 79.0 Å². The van der Waals surface area contributed by atoms with Crippen LogP contribution in [0.2, 0.25) is 0 Å². The van der Waals surface area contributed by atoms with Crippen LogP contribution in [0, 0.1) is 0 Å². The molecule has 0 saturated carbocycles. The largest absolute Gasteiger partial charge is 0.497 e. The van der Waals surface area contributed by atoms with Gasteiger partial charge in [0, 0.05) is 11.1 Å². The lowest BCUT2D eigenvalue weighted by atomic mass is 10.0. The average molecular weight is 598 g/mol. The van der Waals surface area contributed by atoms with E-state index in [4.69, 9.17) is 24.4 Å². The molecule has 0 fully saturated rings. The third kappa shape index (κ3) is 6.12. The Morgan fingerprint density at radius 2 is 0.674 bits per heavy atom. The second-order valence-corrected chi connectivity index (χ2v) is 10.8. The minimum absolute atomic E-state index is 0.767. The van der Waals surface area contributed by atoms with E-state index < -0.39 is 0 Å². The lowest BCUT2D eigenvalue weighted by Gasteiger charge is -2.12. The molecule has 4 aromatic carbocycles. The van der Waals surface area contributed by atoms with Crippen molar-refractivity contribution in [3.8, 4) is 79.0 Å². The molecule has 0 unspecified atom stereocenters. The Bertz CT molecular complexity index is 1940. The second-order valence-electron chi connectivity index (χ2n) is 10.8. The standard InChI is InChI=1S/C41H31N3O2/c1-45-34-20-16-30(17-21-34)38-24-32(28-10-5-3-6-11-28)26-40(43-38)36-14-9-15-37(42-36)41-27-33(29-12-7-4-8-13-29)25-39(44-41)31-18-22-35(46-2)23-19-31/h3-27H,1-2H3. The third-order valence-electron chi connectivity index (χ3n) is 7.91. The average Bonchev–Trinajstić information content (AvgIpc) is 3.15. The van der Waals surface area contributed by atoms with Gasteiger partial charge in [0.05, 0.1) is 48.4 Å². The third-order valence-corrected chi connectivity index (χ3v) is 7.91. The first-order valence-electron chi connectivity index (χ1n) is 15.1. The normalized spacial score (nSPS) is 10.8. The number of methoxy groups -OCH3 is 2. The van der Waals surface area contributed by atoms with Crippen LogP contribution in [0.3, 0.4) is 0 Å².